The van der Waals surface area contributed by atoms with Gasteiger partial charge in [-0.15, -0.1) is 0 Å². The number of amides is 2. The molecular formula is C18H22N2O3. The van der Waals surface area contributed by atoms with Crippen LogP contribution in [0.25, 0.3) is 0 Å². The van der Waals surface area contributed by atoms with Gasteiger partial charge < -0.3 is 19.4 Å². The van der Waals surface area contributed by atoms with Crippen LogP contribution in [-0.4, -0.2) is 25.1 Å². The molecule has 0 aliphatic heterocycles. The molecule has 1 fully saturated rings. The van der Waals surface area contributed by atoms with Crippen molar-refractivity contribution in [2.24, 2.45) is 5.92 Å². The molecule has 1 heterocycles. The lowest BCUT2D eigenvalue weighted by atomic mass is 10.3. The van der Waals surface area contributed by atoms with Crippen molar-refractivity contribution < 1.29 is 13.9 Å². The second-order valence-corrected chi connectivity index (χ2v) is 6.14. The van der Waals surface area contributed by atoms with Crippen LogP contribution in [-0.2, 0) is 6.54 Å². The summed E-state index contributed by atoms with van der Waals surface area (Å²) in [4.78, 5) is 13.8. The van der Waals surface area contributed by atoms with Crippen molar-refractivity contribution >= 4 is 11.7 Å². The Bertz CT molecular complexity index is 695. The van der Waals surface area contributed by atoms with Crippen LogP contribution in [0.4, 0.5) is 10.5 Å². The van der Waals surface area contributed by atoms with Crippen molar-refractivity contribution in [2.45, 2.75) is 25.8 Å². The number of ether oxygens (including phenoxy) is 1. The molecule has 0 spiro atoms. The van der Waals surface area contributed by atoms with Crippen LogP contribution in [0.2, 0.25) is 0 Å². The lowest BCUT2D eigenvalue weighted by molar-refractivity contribution is 0.216. The second kappa shape index (κ2) is 6.36. The van der Waals surface area contributed by atoms with Gasteiger partial charge in [-0.1, -0.05) is 13.0 Å². The van der Waals surface area contributed by atoms with Gasteiger partial charge in [0.05, 0.1) is 13.7 Å². The molecule has 2 amide bonds. The van der Waals surface area contributed by atoms with Crippen molar-refractivity contribution in [2.75, 3.05) is 19.5 Å². The van der Waals surface area contributed by atoms with Crippen molar-refractivity contribution in [1.82, 2.24) is 4.90 Å². The fourth-order valence-corrected chi connectivity index (χ4v) is 2.62. The highest BCUT2D eigenvalue weighted by Gasteiger charge is 2.36. The van der Waals surface area contributed by atoms with Crippen molar-refractivity contribution in [1.29, 1.82) is 0 Å². The molecule has 122 valence electrons. The van der Waals surface area contributed by atoms with E-state index in [-0.39, 0.29) is 6.03 Å². The summed E-state index contributed by atoms with van der Waals surface area (Å²) in [5.41, 5.74) is 0.702. The number of hydrogen-bond donors (Lipinski definition) is 1. The van der Waals surface area contributed by atoms with Gasteiger partial charge in [-0.05, 0) is 36.6 Å². The highest BCUT2D eigenvalue weighted by molar-refractivity contribution is 5.89. The quantitative estimate of drug-likeness (QED) is 0.905. The van der Waals surface area contributed by atoms with E-state index in [0.717, 1.165) is 11.5 Å². The Hall–Kier alpha value is -2.43. The fraction of sp³-hybridized carbons (Fsp3) is 0.389. The lowest BCUT2D eigenvalue weighted by Gasteiger charge is -2.17. The van der Waals surface area contributed by atoms with Gasteiger partial charge in [0, 0.05) is 24.7 Å². The second-order valence-electron chi connectivity index (χ2n) is 6.14. The van der Waals surface area contributed by atoms with Gasteiger partial charge in [-0.2, -0.15) is 0 Å². The van der Waals surface area contributed by atoms with Crippen molar-refractivity contribution in [3.8, 4) is 5.75 Å². The van der Waals surface area contributed by atoms with E-state index in [2.05, 4.69) is 12.2 Å². The third-order valence-electron chi connectivity index (χ3n) is 4.22. The standard InChI is InChI=1S/C18H22N2O3/c1-12-9-16(12)17-8-7-15(23-17)11-20(2)18(21)19-13-5-4-6-14(10-13)22-3/h4-8,10,12,16H,9,11H2,1-3H3,(H,19,21). The summed E-state index contributed by atoms with van der Waals surface area (Å²) < 4.78 is 11.0. The van der Waals surface area contributed by atoms with Gasteiger partial charge in [0.25, 0.3) is 0 Å². The summed E-state index contributed by atoms with van der Waals surface area (Å²) in [6, 6.07) is 11.1. The maximum Gasteiger partial charge on any atom is 0.321 e. The number of carbonyl (C=O) groups excluding carboxylic acids is 1. The molecule has 1 aromatic carbocycles. The topological polar surface area (TPSA) is 54.7 Å². The minimum atomic E-state index is -0.184. The SMILES string of the molecule is COc1cccc(NC(=O)N(C)Cc2ccc(C3CC3C)o2)c1. The minimum Gasteiger partial charge on any atom is -0.497 e. The molecule has 1 N–H and O–H groups in total. The predicted molar refractivity (Wildman–Crippen MR) is 88.7 cm³/mol. The summed E-state index contributed by atoms with van der Waals surface area (Å²) in [6.07, 6.45) is 1.19. The molecule has 1 aliphatic rings. The Morgan fingerprint density at radius 2 is 2.17 bits per heavy atom. The molecule has 23 heavy (non-hydrogen) atoms. The molecule has 3 rings (SSSR count). The third-order valence-corrected chi connectivity index (χ3v) is 4.22. The normalized spacial score (nSPS) is 19.3. The molecule has 0 saturated heterocycles. The van der Waals surface area contributed by atoms with Gasteiger partial charge in [0.2, 0.25) is 0 Å². The van der Waals surface area contributed by atoms with Gasteiger partial charge >= 0.3 is 6.03 Å². The first kappa shape index (κ1) is 15.5. The molecule has 1 aromatic heterocycles. The molecule has 1 aliphatic carbocycles. The van der Waals surface area contributed by atoms with Gasteiger partial charge in [-0.3, -0.25) is 0 Å². The van der Waals surface area contributed by atoms with Crippen LogP contribution >= 0.6 is 0 Å². The first-order valence-electron chi connectivity index (χ1n) is 7.81. The number of methoxy groups -OCH3 is 1. The van der Waals surface area contributed by atoms with Crippen LogP contribution < -0.4 is 10.1 Å². The Morgan fingerprint density at radius 3 is 2.87 bits per heavy atom. The zero-order valence-corrected chi connectivity index (χ0v) is 13.7. The van der Waals surface area contributed by atoms with Crippen LogP contribution in [0.15, 0.2) is 40.8 Å². The first-order valence-corrected chi connectivity index (χ1v) is 7.81. The first-order chi connectivity index (χ1) is 11.1. The Balaban J connectivity index is 1.57. The van der Waals surface area contributed by atoms with Crippen LogP contribution in [0, 0.1) is 5.92 Å². The summed E-state index contributed by atoms with van der Waals surface area (Å²) >= 11 is 0. The summed E-state index contributed by atoms with van der Waals surface area (Å²) in [5.74, 6) is 3.82. The zero-order chi connectivity index (χ0) is 16.4. The minimum absolute atomic E-state index is 0.184. The zero-order valence-electron chi connectivity index (χ0n) is 13.7. The lowest BCUT2D eigenvalue weighted by Crippen LogP contribution is -2.30. The smallest absolute Gasteiger partial charge is 0.321 e. The van der Waals surface area contributed by atoms with Crippen molar-refractivity contribution in [3.63, 3.8) is 0 Å². The van der Waals surface area contributed by atoms with Gasteiger partial charge in [0.1, 0.15) is 17.3 Å². The van der Waals surface area contributed by atoms with Crippen LogP contribution in [0.5, 0.6) is 5.75 Å². The molecule has 0 radical (unpaired) electrons. The van der Waals surface area contributed by atoms with Crippen molar-refractivity contribution in [3.05, 3.63) is 47.9 Å². The van der Waals surface area contributed by atoms with Crippen LogP contribution in [0.3, 0.4) is 0 Å². The molecule has 1 saturated carbocycles. The number of nitrogens with zero attached hydrogens (tertiary/aromatic N) is 1. The highest BCUT2D eigenvalue weighted by Crippen LogP contribution is 2.47. The van der Waals surface area contributed by atoms with E-state index in [1.807, 2.05) is 30.3 Å². The molecule has 2 aromatic rings. The monoisotopic (exact) mass is 314 g/mol. The van der Waals surface area contributed by atoms with E-state index in [1.54, 1.807) is 25.1 Å². The van der Waals surface area contributed by atoms with E-state index in [1.165, 1.54) is 6.42 Å². The average Bonchev–Trinajstić information content (AvgIpc) is 3.09. The maximum atomic E-state index is 12.3. The summed E-state index contributed by atoms with van der Waals surface area (Å²) in [7, 11) is 3.35. The van der Waals surface area contributed by atoms with E-state index < -0.39 is 0 Å². The number of carbonyl (C=O) groups is 1. The van der Waals surface area contributed by atoms with Gasteiger partial charge in [0.15, 0.2) is 0 Å². The van der Waals surface area contributed by atoms with E-state index in [0.29, 0.717) is 29.8 Å². The van der Waals surface area contributed by atoms with Gasteiger partial charge in [-0.25, -0.2) is 4.79 Å². The number of benzene rings is 1. The number of anilines is 1. The predicted octanol–water partition coefficient (Wildman–Crippen LogP) is 4.08. The van der Waals surface area contributed by atoms with E-state index in [9.17, 15) is 4.79 Å². The number of furan rings is 1. The van der Waals surface area contributed by atoms with E-state index in [4.69, 9.17) is 9.15 Å². The third kappa shape index (κ3) is 3.67. The van der Waals surface area contributed by atoms with Crippen LogP contribution in [0.1, 0.15) is 30.8 Å². The summed E-state index contributed by atoms with van der Waals surface area (Å²) in [5, 5.41) is 2.85. The Kier molecular flexibility index (Phi) is 4.28. The number of rotatable bonds is 5. The molecular weight excluding hydrogens is 292 g/mol. The average molecular weight is 314 g/mol. The molecule has 2 atom stereocenters. The molecule has 5 nitrogen and oxygen atoms in total. The number of urea groups is 1. The molecule has 2 unspecified atom stereocenters. The number of hydrogen-bond acceptors (Lipinski definition) is 3. The maximum absolute atomic E-state index is 12.3. The molecule has 0 bridgehead atoms. The molecule has 5 heteroatoms. The Labute approximate surface area is 136 Å². The Morgan fingerprint density at radius 1 is 1.39 bits per heavy atom. The fourth-order valence-electron chi connectivity index (χ4n) is 2.62. The highest BCUT2D eigenvalue weighted by atomic mass is 16.5. The largest absolute Gasteiger partial charge is 0.497 e. The van der Waals surface area contributed by atoms with E-state index >= 15 is 0 Å². The summed E-state index contributed by atoms with van der Waals surface area (Å²) in [6.45, 7) is 2.66. The number of nitrogens with one attached hydrogen (secondary N) is 1.